The van der Waals surface area contributed by atoms with Crippen molar-refractivity contribution in [3.8, 4) is 0 Å². The molecule has 2 N–H and O–H groups in total. The number of hydrogen-bond acceptors (Lipinski definition) is 4. The molecule has 2 aromatic rings. The van der Waals surface area contributed by atoms with Gasteiger partial charge in [0.2, 0.25) is 5.91 Å². The fourth-order valence-electron chi connectivity index (χ4n) is 3.82. The number of aryl methyl sites for hydroxylation is 1. The van der Waals surface area contributed by atoms with E-state index in [1.165, 1.54) is 6.07 Å². The zero-order valence-corrected chi connectivity index (χ0v) is 18.7. The number of nitrogens with one attached hydrogen (secondary N) is 2. The highest BCUT2D eigenvalue weighted by Crippen LogP contribution is 2.22. The molecule has 1 aliphatic rings. The fourth-order valence-corrected chi connectivity index (χ4v) is 4.87. The number of amides is 2. The van der Waals surface area contributed by atoms with E-state index in [1.807, 2.05) is 12.1 Å². The van der Waals surface area contributed by atoms with Crippen molar-refractivity contribution in [2.75, 3.05) is 24.9 Å². The predicted octanol–water partition coefficient (Wildman–Crippen LogP) is 3.04. The van der Waals surface area contributed by atoms with Crippen LogP contribution in [0.25, 0.3) is 0 Å². The number of carbonyl (C=O) groups excluding carboxylic acids is 2. The molecule has 3 rings (SSSR count). The Morgan fingerprint density at radius 2 is 1.87 bits per heavy atom. The van der Waals surface area contributed by atoms with Crippen LogP contribution in [0.15, 0.2) is 53.4 Å². The molecular formula is C23H29N3O4S. The van der Waals surface area contributed by atoms with Crippen LogP contribution < -0.4 is 10.0 Å². The maximum absolute atomic E-state index is 13.0. The van der Waals surface area contributed by atoms with Crippen LogP contribution in [0.2, 0.25) is 0 Å². The Hall–Kier alpha value is -2.87. The molecule has 7 nitrogen and oxygen atoms in total. The molecule has 0 aliphatic carbocycles. The molecule has 0 aromatic heterocycles. The second-order valence-corrected chi connectivity index (χ2v) is 9.47. The summed E-state index contributed by atoms with van der Waals surface area (Å²) in [5.74, 6) is -0.498. The van der Waals surface area contributed by atoms with Crippen LogP contribution in [0.1, 0.15) is 42.1 Å². The zero-order valence-electron chi connectivity index (χ0n) is 17.9. The van der Waals surface area contributed by atoms with E-state index in [2.05, 4.69) is 17.0 Å². The molecule has 2 aromatic carbocycles. The second-order valence-electron chi connectivity index (χ2n) is 7.78. The molecule has 0 unspecified atom stereocenters. The highest BCUT2D eigenvalue weighted by Gasteiger charge is 2.28. The average molecular weight is 444 g/mol. The summed E-state index contributed by atoms with van der Waals surface area (Å²) in [4.78, 5) is 26.7. The molecule has 1 saturated heterocycles. The third-order valence-electron chi connectivity index (χ3n) is 5.46. The Morgan fingerprint density at radius 1 is 1.13 bits per heavy atom. The van der Waals surface area contributed by atoms with Gasteiger partial charge in [-0.1, -0.05) is 31.5 Å². The minimum absolute atomic E-state index is 0.0658. The summed E-state index contributed by atoms with van der Waals surface area (Å²) in [5, 5.41) is 2.64. The molecule has 0 spiro atoms. The monoisotopic (exact) mass is 443 g/mol. The highest BCUT2D eigenvalue weighted by molar-refractivity contribution is 7.92. The molecule has 0 radical (unpaired) electrons. The quantitative estimate of drug-likeness (QED) is 0.688. The van der Waals surface area contributed by atoms with Crippen molar-refractivity contribution in [3.05, 3.63) is 59.7 Å². The second kappa shape index (κ2) is 9.96. The number of likely N-dealkylation sites (tertiary alicyclic amines) is 1. The molecule has 0 saturated carbocycles. The summed E-state index contributed by atoms with van der Waals surface area (Å²) in [5.41, 5.74) is 1.80. The Balaban J connectivity index is 1.73. The van der Waals surface area contributed by atoms with Gasteiger partial charge in [-0.05, 0) is 55.2 Å². The van der Waals surface area contributed by atoms with E-state index in [1.54, 1.807) is 42.3 Å². The number of benzene rings is 2. The van der Waals surface area contributed by atoms with E-state index in [0.29, 0.717) is 24.3 Å². The molecule has 1 atom stereocenters. The van der Waals surface area contributed by atoms with E-state index in [9.17, 15) is 18.0 Å². The molecule has 1 heterocycles. The van der Waals surface area contributed by atoms with Crippen LogP contribution in [0.3, 0.4) is 0 Å². The van der Waals surface area contributed by atoms with Gasteiger partial charge in [0.25, 0.3) is 15.9 Å². The van der Waals surface area contributed by atoms with Crippen LogP contribution in [-0.2, 0) is 21.2 Å². The predicted molar refractivity (Wildman–Crippen MR) is 120 cm³/mol. The lowest BCUT2D eigenvalue weighted by atomic mass is 9.96. The fraction of sp³-hybridized carbons (Fsp3) is 0.391. The summed E-state index contributed by atoms with van der Waals surface area (Å²) >= 11 is 0. The van der Waals surface area contributed by atoms with Gasteiger partial charge >= 0.3 is 0 Å². The van der Waals surface area contributed by atoms with Gasteiger partial charge in [0.1, 0.15) is 0 Å². The first-order valence-electron chi connectivity index (χ1n) is 10.6. The third-order valence-corrected chi connectivity index (χ3v) is 6.86. The standard InChI is InChI=1S/C23H29N3O4S/c1-3-6-17-10-12-21(13-11-17)31(29,30)25-20-9-4-7-18(15-20)23(28)26-14-5-8-19(16-26)22(27)24-2/h4,7,9-13,15,19,25H,3,5-6,8,14,16H2,1-2H3,(H,24,27)/t19-/m0/s1. The lowest BCUT2D eigenvalue weighted by Crippen LogP contribution is -2.44. The first-order valence-corrected chi connectivity index (χ1v) is 12.0. The van der Waals surface area contributed by atoms with Gasteiger partial charge in [0.15, 0.2) is 0 Å². The summed E-state index contributed by atoms with van der Waals surface area (Å²) in [6, 6.07) is 13.3. The highest BCUT2D eigenvalue weighted by atomic mass is 32.2. The normalized spacial score (nSPS) is 16.6. The average Bonchev–Trinajstić information content (AvgIpc) is 2.78. The molecule has 166 valence electrons. The Labute approximate surface area is 183 Å². The Bertz CT molecular complexity index is 1040. The van der Waals surface area contributed by atoms with Crippen molar-refractivity contribution in [3.63, 3.8) is 0 Å². The zero-order chi connectivity index (χ0) is 22.4. The number of anilines is 1. The van der Waals surface area contributed by atoms with Gasteiger partial charge in [-0.3, -0.25) is 14.3 Å². The summed E-state index contributed by atoms with van der Waals surface area (Å²) in [6.45, 7) is 3.01. The number of carbonyl (C=O) groups is 2. The lowest BCUT2D eigenvalue weighted by Gasteiger charge is -2.32. The minimum Gasteiger partial charge on any atom is -0.359 e. The van der Waals surface area contributed by atoms with Gasteiger partial charge in [-0.2, -0.15) is 0 Å². The molecular weight excluding hydrogens is 414 g/mol. The number of hydrogen-bond donors (Lipinski definition) is 2. The van der Waals surface area contributed by atoms with Gasteiger partial charge < -0.3 is 10.2 Å². The maximum atomic E-state index is 13.0. The van der Waals surface area contributed by atoms with Crippen LogP contribution >= 0.6 is 0 Å². The summed E-state index contributed by atoms with van der Waals surface area (Å²) in [6.07, 6.45) is 3.39. The van der Waals surface area contributed by atoms with Crippen molar-refractivity contribution >= 4 is 27.5 Å². The van der Waals surface area contributed by atoms with Crippen LogP contribution in [0.5, 0.6) is 0 Å². The van der Waals surface area contributed by atoms with Crippen molar-refractivity contribution in [1.29, 1.82) is 0 Å². The topological polar surface area (TPSA) is 95.6 Å². The van der Waals surface area contributed by atoms with Crippen molar-refractivity contribution in [2.45, 2.75) is 37.5 Å². The van der Waals surface area contributed by atoms with Crippen molar-refractivity contribution in [2.24, 2.45) is 5.92 Å². The summed E-state index contributed by atoms with van der Waals surface area (Å²) in [7, 11) is -2.17. The van der Waals surface area contributed by atoms with E-state index in [4.69, 9.17) is 0 Å². The molecule has 8 heteroatoms. The van der Waals surface area contributed by atoms with E-state index in [0.717, 1.165) is 31.2 Å². The van der Waals surface area contributed by atoms with Crippen molar-refractivity contribution < 1.29 is 18.0 Å². The van der Waals surface area contributed by atoms with E-state index in [-0.39, 0.29) is 22.6 Å². The molecule has 1 fully saturated rings. The lowest BCUT2D eigenvalue weighted by molar-refractivity contribution is -0.125. The molecule has 1 aliphatic heterocycles. The number of rotatable bonds is 7. The van der Waals surface area contributed by atoms with Crippen LogP contribution in [0, 0.1) is 5.92 Å². The smallest absolute Gasteiger partial charge is 0.261 e. The molecule has 2 amide bonds. The van der Waals surface area contributed by atoms with Gasteiger partial charge in [0, 0.05) is 31.4 Å². The largest absolute Gasteiger partial charge is 0.359 e. The van der Waals surface area contributed by atoms with Gasteiger partial charge in [-0.15, -0.1) is 0 Å². The van der Waals surface area contributed by atoms with E-state index >= 15 is 0 Å². The number of nitrogens with zero attached hydrogens (tertiary/aromatic N) is 1. The van der Waals surface area contributed by atoms with Crippen molar-refractivity contribution in [1.82, 2.24) is 10.2 Å². The molecule has 0 bridgehead atoms. The summed E-state index contributed by atoms with van der Waals surface area (Å²) < 4.78 is 28.1. The minimum atomic E-state index is -3.76. The maximum Gasteiger partial charge on any atom is 0.261 e. The van der Waals surface area contributed by atoms with Gasteiger partial charge in [0.05, 0.1) is 10.8 Å². The van der Waals surface area contributed by atoms with Crippen LogP contribution in [0.4, 0.5) is 5.69 Å². The van der Waals surface area contributed by atoms with Gasteiger partial charge in [-0.25, -0.2) is 8.42 Å². The van der Waals surface area contributed by atoms with Crippen LogP contribution in [-0.4, -0.2) is 45.3 Å². The first kappa shape index (κ1) is 22.8. The Morgan fingerprint density at radius 3 is 2.55 bits per heavy atom. The number of sulfonamides is 1. The van der Waals surface area contributed by atoms with E-state index < -0.39 is 10.0 Å². The SMILES string of the molecule is CCCc1ccc(S(=O)(=O)Nc2cccc(C(=O)N3CCC[C@H](C(=O)NC)C3)c2)cc1. The Kier molecular flexibility index (Phi) is 7.33. The first-order chi connectivity index (χ1) is 14.8. The number of piperidine rings is 1. The molecule has 31 heavy (non-hydrogen) atoms. The third kappa shape index (κ3) is 5.64.